The fraction of sp³-hybridized carbons (Fsp3) is 0.125. The van der Waals surface area contributed by atoms with Crippen molar-refractivity contribution in [2.75, 3.05) is 17.7 Å². The topological polar surface area (TPSA) is 49.8 Å². The largest absolute Gasteiger partial charge is 0.365 e. The van der Waals surface area contributed by atoms with E-state index in [-0.39, 0.29) is 0 Å². The number of rotatable bonds is 4. The van der Waals surface area contributed by atoms with E-state index >= 15 is 0 Å². The van der Waals surface area contributed by atoms with Gasteiger partial charge in [-0.1, -0.05) is 46.3 Å². The highest BCUT2D eigenvalue weighted by Crippen LogP contribution is 2.23. The number of hydrogen-bond donors (Lipinski definition) is 2. The Labute approximate surface area is 131 Å². The third-order valence-corrected chi connectivity index (χ3v) is 4.00. The average molecular weight is 343 g/mol. The van der Waals surface area contributed by atoms with Crippen LogP contribution in [0.4, 0.5) is 11.8 Å². The van der Waals surface area contributed by atoms with Crippen molar-refractivity contribution >= 4 is 38.6 Å². The van der Waals surface area contributed by atoms with Crippen LogP contribution in [0.3, 0.4) is 0 Å². The molecule has 0 saturated heterocycles. The number of halogens is 1. The summed E-state index contributed by atoms with van der Waals surface area (Å²) < 4.78 is 1.09. The van der Waals surface area contributed by atoms with Gasteiger partial charge in [-0.3, -0.25) is 0 Å². The van der Waals surface area contributed by atoms with E-state index < -0.39 is 0 Å². The highest BCUT2D eigenvalue weighted by molar-refractivity contribution is 9.10. The molecular weight excluding hydrogens is 328 g/mol. The normalized spacial score (nSPS) is 10.6. The molecule has 0 amide bonds. The van der Waals surface area contributed by atoms with Gasteiger partial charge in [0, 0.05) is 23.5 Å². The van der Waals surface area contributed by atoms with E-state index in [1.807, 2.05) is 49.5 Å². The van der Waals surface area contributed by atoms with Crippen molar-refractivity contribution in [1.29, 1.82) is 0 Å². The highest BCUT2D eigenvalue weighted by Gasteiger charge is 2.07. The Bertz CT molecular complexity index is 773. The first-order valence-electron chi connectivity index (χ1n) is 6.70. The summed E-state index contributed by atoms with van der Waals surface area (Å²) in [4.78, 5) is 8.97. The van der Waals surface area contributed by atoms with E-state index in [4.69, 9.17) is 0 Å². The fourth-order valence-electron chi connectivity index (χ4n) is 2.14. The summed E-state index contributed by atoms with van der Waals surface area (Å²) in [5.74, 6) is 1.45. The molecule has 2 N–H and O–H groups in total. The standard InChI is InChI=1S/C16H15BrN4/c1-18-16-20-14-9-5-3-7-12(14)15(21-16)19-10-11-6-2-4-8-13(11)17/h2-9H,10H2,1H3,(H2,18,19,20,21). The van der Waals surface area contributed by atoms with E-state index in [1.165, 1.54) is 5.56 Å². The Morgan fingerprint density at radius 2 is 1.76 bits per heavy atom. The molecule has 4 nitrogen and oxygen atoms in total. The Morgan fingerprint density at radius 1 is 1.00 bits per heavy atom. The Balaban J connectivity index is 1.94. The molecule has 0 aliphatic rings. The van der Waals surface area contributed by atoms with Crippen LogP contribution >= 0.6 is 15.9 Å². The number of anilines is 2. The molecule has 0 aliphatic carbocycles. The first kappa shape index (κ1) is 13.8. The van der Waals surface area contributed by atoms with Gasteiger partial charge in [0.1, 0.15) is 5.82 Å². The van der Waals surface area contributed by atoms with Gasteiger partial charge in [0.05, 0.1) is 5.52 Å². The minimum Gasteiger partial charge on any atom is -0.365 e. The maximum atomic E-state index is 4.52. The maximum Gasteiger partial charge on any atom is 0.224 e. The van der Waals surface area contributed by atoms with Gasteiger partial charge in [-0.25, -0.2) is 4.98 Å². The van der Waals surface area contributed by atoms with Crippen LogP contribution in [0.15, 0.2) is 53.0 Å². The van der Waals surface area contributed by atoms with Crippen LogP contribution < -0.4 is 10.6 Å². The van der Waals surface area contributed by atoms with Crippen molar-refractivity contribution in [1.82, 2.24) is 9.97 Å². The van der Waals surface area contributed by atoms with Crippen LogP contribution in [0.5, 0.6) is 0 Å². The Morgan fingerprint density at radius 3 is 2.57 bits per heavy atom. The highest BCUT2D eigenvalue weighted by atomic mass is 79.9. The Hall–Kier alpha value is -2.14. The molecule has 0 unspecified atom stereocenters. The third-order valence-electron chi connectivity index (χ3n) is 3.23. The minimum atomic E-state index is 0.614. The molecule has 5 heteroatoms. The first-order valence-corrected chi connectivity index (χ1v) is 7.49. The number of nitrogens with zero attached hydrogens (tertiary/aromatic N) is 2. The van der Waals surface area contributed by atoms with Crippen LogP contribution in [-0.4, -0.2) is 17.0 Å². The quantitative estimate of drug-likeness (QED) is 0.751. The summed E-state index contributed by atoms with van der Waals surface area (Å²) in [5.41, 5.74) is 2.11. The molecule has 2 aromatic carbocycles. The van der Waals surface area contributed by atoms with Gasteiger partial charge < -0.3 is 10.6 Å². The van der Waals surface area contributed by atoms with Crippen molar-refractivity contribution in [3.05, 3.63) is 58.6 Å². The van der Waals surface area contributed by atoms with Gasteiger partial charge in [0.2, 0.25) is 5.95 Å². The third kappa shape index (κ3) is 2.97. The lowest BCUT2D eigenvalue weighted by atomic mass is 10.2. The van der Waals surface area contributed by atoms with Crippen molar-refractivity contribution in [3.8, 4) is 0 Å². The van der Waals surface area contributed by atoms with Gasteiger partial charge in [-0.15, -0.1) is 0 Å². The molecule has 0 bridgehead atoms. The molecule has 21 heavy (non-hydrogen) atoms. The van der Waals surface area contributed by atoms with Crippen molar-refractivity contribution in [2.24, 2.45) is 0 Å². The van der Waals surface area contributed by atoms with E-state index in [0.717, 1.165) is 21.2 Å². The van der Waals surface area contributed by atoms with E-state index in [0.29, 0.717) is 12.5 Å². The molecule has 106 valence electrons. The van der Waals surface area contributed by atoms with Gasteiger partial charge in [-0.05, 0) is 23.8 Å². The molecule has 1 aromatic heterocycles. The van der Waals surface area contributed by atoms with E-state index in [2.05, 4.69) is 42.6 Å². The average Bonchev–Trinajstić information content (AvgIpc) is 2.53. The Kier molecular flexibility index (Phi) is 4.01. The summed E-state index contributed by atoms with van der Waals surface area (Å²) in [7, 11) is 1.82. The van der Waals surface area contributed by atoms with Crippen LogP contribution in [0.1, 0.15) is 5.56 Å². The number of hydrogen-bond acceptors (Lipinski definition) is 4. The maximum absolute atomic E-state index is 4.52. The number of fused-ring (bicyclic) bond motifs is 1. The zero-order chi connectivity index (χ0) is 14.7. The minimum absolute atomic E-state index is 0.614. The van der Waals surface area contributed by atoms with Crippen LogP contribution in [0.2, 0.25) is 0 Å². The van der Waals surface area contributed by atoms with Crippen molar-refractivity contribution < 1.29 is 0 Å². The summed E-state index contributed by atoms with van der Waals surface area (Å²) in [5, 5.41) is 7.41. The van der Waals surface area contributed by atoms with Gasteiger partial charge in [-0.2, -0.15) is 4.98 Å². The molecule has 0 fully saturated rings. The van der Waals surface area contributed by atoms with Crippen molar-refractivity contribution in [2.45, 2.75) is 6.54 Å². The second kappa shape index (κ2) is 6.10. The monoisotopic (exact) mass is 342 g/mol. The van der Waals surface area contributed by atoms with E-state index in [1.54, 1.807) is 0 Å². The summed E-state index contributed by atoms with van der Waals surface area (Å²) >= 11 is 3.56. The summed E-state index contributed by atoms with van der Waals surface area (Å²) in [6.07, 6.45) is 0. The molecular formula is C16H15BrN4. The molecule has 0 aliphatic heterocycles. The SMILES string of the molecule is CNc1nc(NCc2ccccc2Br)c2ccccc2n1. The predicted octanol–water partition coefficient (Wildman–Crippen LogP) is 4.05. The zero-order valence-electron chi connectivity index (χ0n) is 11.6. The smallest absolute Gasteiger partial charge is 0.224 e. The lowest BCUT2D eigenvalue weighted by Gasteiger charge is -2.11. The number of benzene rings is 2. The van der Waals surface area contributed by atoms with Gasteiger partial charge in [0.15, 0.2) is 0 Å². The summed E-state index contributed by atoms with van der Waals surface area (Å²) in [6.45, 7) is 0.700. The number of para-hydroxylation sites is 1. The molecule has 1 heterocycles. The van der Waals surface area contributed by atoms with Crippen molar-refractivity contribution in [3.63, 3.8) is 0 Å². The lowest BCUT2D eigenvalue weighted by Crippen LogP contribution is -2.06. The lowest BCUT2D eigenvalue weighted by molar-refractivity contribution is 1.09. The zero-order valence-corrected chi connectivity index (χ0v) is 13.2. The fourth-order valence-corrected chi connectivity index (χ4v) is 2.57. The van der Waals surface area contributed by atoms with Gasteiger partial charge >= 0.3 is 0 Å². The summed E-state index contributed by atoms with van der Waals surface area (Å²) in [6, 6.07) is 16.1. The molecule has 0 spiro atoms. The molecule has 0 saturated carbocycles. The van der Waals surface area contributed by atoms with Crippen LogP contribution in [0, 0.1) is 0 Å². The molecule has 0 atom stereocenters. The second-order valence-electron chi connectivity index (χ2n) is 4.61. The van der Waals surface area contributed by atoms with E-state index in [9.17, 15) is 0 Å². The molecule has 0 radical (unpaired) electrons. The first-order chi connectivity index (χ1) is 10.3. The van der Waals surface area contributed by atoms with Crippen LogP contribution in [-0.2, 0) is 6.54 Å². The predicted molar refractivity (Wildman–Crippen MR) is 90.6 cm³/mol. The molecule has 3 rings (SSSR count). The van der Waals surface area contributed by atoms with Crippen LogP contribution in [0.25, 0.3) is 10.9 Å². The molecule has 3 aromatic rings. The van der Waals surface area contributed by atoms with Gasteiger partial charge in [0.25, 0.3) is 0 Å². The number of aromatic nitrogens is 2. The number of nitrogens with one attached hydrogen (secondary N) is 2. The second-order valence-corrected chi connectivity index (χ2v) is 5.46.